The Morgan fingerprint density at radius 1 is 1.00 bits per heavy atom. The number of nitrogens with two attached hydrogens (primary N) is 1. The molecule has 17 heavy (non-hydrogen) atoms. The number of pyridine rings is 1. The molecule has 0 bridgehead atoms. The minimum atomic E-state index is 0. The number of aromatic nitrogens is 1. The number of anilines is 1. The second-order valence-electron chi connectivity index (χ2n) is 3.53. The van der Waals surface area contributed by atoms with Crippen molar-refractivity contribution in [3.8, 4) is 5.75 Å². The van der Waals surface area contributed by atoms with Crippen LogP contribution in [0.15, 0.2) is 54.9 Å². The third kappa shape index (κ3) is 4.33. The van der Waals surface area contributed by atoms with Crippen molar-refractivity contribution in [3.63, 3.8) is 0 Å². The highest BCUT2D eigenvalue weighted by Crippen LogP contribution is 2.07. The lowest BCUT2D eigenvalue weighted by Crippen LogP contribution is -3.00. The summed E-state index contributed by atoms with van der Waals surface area (Å²) in [5.74, 6) is 0.901. The topological polar surface area (TPSA) is 39.1 Å². The zero-order valence-electron chi connectivity index (χ0n) is 9.42. The van der Waals surface area contributed by atoms with Crippen LogP contribution in [0.1, 0.15) is 0 Å². The van der Waals surface area contributed by atoms with Crippen LogP contribution in [-0.4, -0.2) is 6.61 Å². The van der Waals surface area contributed by atoms with Gasteiger partial charge in [-0.3, -0.25) is 0 Å². The second-order valence-corrected chi connectivity index (χ2v) is 3.53. The average molecular weight is 251 g/mol. The lowest BCUT2D eigenvalue weighted by Gasteiger charge is -2.03. The average Bonchev–Trinajstić information content (AvgIpc) is 2.33. The van der Waals surface area contributed by atoms with Gasteiger partial charge in [-0.2, -0.15) is 0 Å². The molecule has 2 N–H and O–H groups in total. The van der Waals surface area contributed by atoms with E-state index in [2.05, 4.69) is 0 Å². The monoisotopic (exact) mass is 250 g/mol. The minimum Gasteiger partial charge on any atom is -1.00 e. The van der Waals surface area contributed by atoms with Crippen LogP contribution < -0.4 is 27.4 Å². The van der Waals surface area contributed by atoms with E-state index in [0.29, 0.717) is 6.61 Å². The van der Waals surface area contributed by atoms with Gasteiger partial charge in [-0.15, -0.1) is 0 Å². The Labute approximate surface area is 107 Å². The number of hydrogen-bond donors (Lipinski definition) is 1. The molecule has 90 valence electrons. The van der Waals surface area contributed by atoms with Gasteiger partial charge in [0.15, 0.2) is 18.9 Å². The SMILES string of the molecule is Nc1cc[n+](CCOc2ccccc2)cc1.[Cl-]. The molecule has 0 spiro atoms. The van der Waals surface area contributed by atoms with E-state index in [1.54, 1.807) is 0 Å². The van der Waals surface area contributed by atoms with E-state index in [1.807, 2.05) is 59.4 Å². The van der Waals surface area contributed by atoms with E-state index in [4.69, 9.17) is 10.5 Å². The summed E-state index contributed by atoms with van der Waals surface area (Å²) in [6.45, 7) is 1.47. The van der Waals surface area contributed by atoms with E-state index < -0.39 is 0 Å². The number of halogens is 1. The third-order valence-corrected chi connectivity index (χ3v) is 2.28. The van der Waals surface area contributed by atoms with Crippen LogP contribution in [0.3, 0.4) is 0 Å². The van der Waals surface area contributed by atoms with Crippen LogP contribution in [0.5, 0.6) is 5.75 Å². The van der Waals surface area contributed by atoms with Crippen LogP contribution in [-0.2, 0) is 6.54 Å². The van der Waals surface area contributed by atoms with Crippen LogP contribution in [0.4, 0.5) is 5.69 Å². The Morgan fingerprint density at radius 3 is 2.29 bits per heavy atom. The Hall–Kier alpha value is -1.74. The smallest absolute Gasteiger partial charge is 0.182 e. The van der Waals surface area contributed by atoms with Gasteiger partial charge < -0.3 is 22.9 Å². The number of hydrogen-bond acceptors (Lipinski definition) is 2. The predicted octanol–water partition coefficient (Wildman–Crippen LogP) is -1.36. The minimum absolute atomic E-state index is 0. The molecule has 0 aliphatic heterocycles. The molecule has 0 radical (unpaired) electrons. The number of benzene rings is 1. The zero-order valence-corrected chi connectivity index (χ0v) is 10.2. The van der Waals surface area contributed by atoms with Crippen molar-refractivity contribution < 1.29 is 21.7 Å². The maximum absolute atomic E-state index is 5.60. The highest BCUT2D eigenvalue weighted by Gasteiger charge is 1.99. The highest BCUT2D eigenvalue weighted by atomic mass is 35.5. The molecule has 1 heterocycles. The summed E-state index contributed by atoms with van der Waals surface area (Å²) in [6.07, 6.45) is 3.90. The molecule has 0 saturated carbocycles. The van der Waals surface area contributed by atoms with E-state index in [-0.39, 0.29) is 12.4 Å². The van der Waals surface area contributed by atoms with Crippen LogP contribution in [0, 0.1) is 0 Å². The van der Waals surface area contributed by atoms with Crippen molar-refractivity contribution in [2.45, 2.75) is 6.54 Å². The van der Waals surface area contributed by atoms with Gasteiger partial charge in [-0.1, -0.05) is 18.2 Å². The summed E-state index contributed by atoms with van der Waals surface area (Å²) in [5, 5.41) is 0. The van der Waals surface area contributed by atoms with Gasteiger partial charge in [0.25, 0.3) is 0 Å². The van der Waals surface area contributed by atoms with Crippen molar-refractivity contribution in [1.82, 2.24) is 0 Å². The normalized spacial score (nSPS) is 9.41. The number of rotatable bonds is 4. The lowest BCUT2D eigenvalue weighted by molar-refractivity contribution is -0.697. The third-order valence-electron chi connectivity index (χ3n) is 2.28. The van der Waals surface area contributed by atoms with Gasteiger partial charge in [0.1, 0.15) is 12.4 Å². The first-order valence-corrected chi connectivity index (χ1v) is 5.27. The molecule has 0 amide bonds. The molecular formula is C13H15ClN2O. The van der Waals surface area contributed by atoms with Crippen molar-refractivity contribution in [2.24, 2.45) is 0 Å². The quantitative estimate of drug-likeness (QED) is 0.681. The predicted molar refractivity (Wildman–Crippen MR) is 63.0 cm³/mol. The van der Waals surface area contributed by atoms with Crippen LogP contribution >= 0.6 is 0 Å². The van der Waals surface area contributed by atoms with Gasteiger partial charge in [-0.25, -0.2) is 4.57 Å². The summed E-state index contributed by atoms with van der Waals surface area (Å²) < 4.78 is 7.63. The van der Waals surface area contributed by atoms with Crippen molar-refractivity contribution in [2.75, 3.05) is 12.3 Å². The number of ether oxygens (including phenoxy) is 1. The van der Waals surface area contributed by atoms with Crippen molar-refractivity contribution >= 4 is 5.69 Å². The maximum atomic E-state index is 5.60. The second kappa shape index (κ2) is 6.76. The molecule has 2 rings (SSSR count). The van der Waals surface area contributed by atoms with Gasteiger partial charge in [-0.05, 0) is 12.1 Å². The van der Waals surface area contributed by atoms with E-state index in [0.717, 1.165) is 18.0 Å². The van der Waals surface area contributed by atoms with Crippen molar-refractivity contribution in [3.05, 3.63) is 54.9 Å². The first kappa shape index (κ1) is 13.3. The first-order chi connectivity index (χ1) is 7.84. The fourth-order valence-corrected chi connectivity index (χ4v) is 1.40. The lowest BCUT2D eigenvalue weighted by atomic mass is 10.3. The Balaban J connectivity index is 0.00000144. The summed E-state index contributed by atoms with van der Waals surface area (Å²) in [4.78, 5) is 0. The Bertz CT molecular complexity index is 431. The molecule has 3 nitrogen and oxygen atoms in total. The molecule has 0 unspecified atom stereocenters. The summed E-state index contributed by atoms with van der Waals surface area (Å²) in [5.41, 5.74) is 6.38. The Kier molecular flexibility index (Phi) is 5.30. The fourth-order valence-electron chi connectivity index (χ4n) is 1.40. The molecule has 4 heteroatoms. The first-order valence-electron chi connectivity index (χ1n) is 5.27. The molecule has 1 aromatic carbocycles. The molecule has 0 atom stereocenters. The molecule has 0 saturated heterocycles. The van der Waals surface area contributed by atoms with Gasteiger partial charge >= 0.3 is 0 Å². The van der Waals surface area contributed by atoms with Crippen molar-refractivity contribution in [1.29, 1.82) is 0 Å². The summed E-state index contributed by atoms with van der Waals surface area (Å²) >= 11 is 0. The fraction of sp³-hybridized carbons (Fsp3) is 0.154. The van der Waals surface area contributed by atoms with E-state index in [9.17, 15) is 0 Å². The molecule has 0 aliphatic rings. The largest absolute Gasteiger partial charge is 1.00 e. The molecule has 1 aromatic heterocycles. The summed E-state index contributed by atoms with van der Waals surface area (Å²) in [7, 11) is 0. The molecule has 0 aliphatic carbocycles. The van der Waals surface area contributed by atoms with Crippen LogP contribution in [0.25, 0.3) is 0 Å². The van der Waals surface area contributed by atoms with Gasteiger partial charge in [0.05, 0.1) is 0 Å². The molecule has 0 fully saturated rings. The zero-order chi connectivity index (χ0) is 11.2. The maximum Gasteiger partial charge on any atom is 0.182 e. The Morgan fingerprint density at radius 2 is 1.65 bits per heavy atom. The molecule has 2 aromatic rings. The summed E-state index contributed by atoms with van der Waals surface area (Å²) in [6, 6.07) is 13.6. The van der Waals surface area contributed by atoms with Gasteiger partial charge in [0, 0.05) is 17.8 Å². The van der Waals surface area contributed by atoms with Crippen LogP contribution in [0.2, 0.25) is 0 Å². The number of nitrogens with zero attached hydrogens (tertiary/aromatic N) is 1. The highest BCUT2D eigenvalue weighted by molar-refractivity contribution is 5.32. The van der Waals surface area contributed by atoms with E-state index >= 15 is 0 Å². The number of para-hydroxylation sites is 1. The van der Waals surface area contributed by atoms with E-state index in [1.165, 1.54) is 0 Å². The standard InChI is InChI=1S/C13H14N2O.ClH/c14-12-6-8-15(9-7-12)10-11-16-13-4-2-1-3-5-13;/h1-9,14H,10-11H2;1H. The number of nitrogen functional groups attached to an aromatic ring is 1. The molecular weight excluding hydrogens is 236 g/mol. The van der Waals surface area contributed by atoms with Gasteiger partial charge in [0.2, 0.25) is 0 Å².